The van der Waals surface area contributed by atoms with Crippen LogP contribution in [0.4, 0.5) is 8.78 Å². The van der Waals surface area contributed by atoms with Crippen LogP contribution in [0.3, 0.4) is 0 Å². The molecule has 0 unspecified atom stereocenters. The van der Waals surface area contributed by atoms with Crippen molar-refractivity contribution < 1.29 is 13.5 Å². The van der Waals surface area contributed by atoms with Crippen molar-refractivity contribution in [1.82, 2.24) is 0 Å². The summed E-state index contributed by atoms with van der Waals surface area (Å²) in [4.78, 5) is 0. The van der Waals surface area contributed by atoms with Gasteiger partial charge in [0.15, 0.2) is 11.6 Å². The molecular formula is C24H33ClF2O. The van der Waals surface area contributed by atoms with Crippen LogP contribution in [0, 0.1) is 23.6 Å². The van der Waals surface area contributed by atoms with Crippen molar-refractivity contribution >= 4 is 11.6 Å². The first-order valence-corrected chi connectivity index (χ1v) is 11.3. The minimum absolute atomic E-state index is 0.214. The van der Waals surface area contributed by atoms with E-state index in [-0.39, 0.29) is 17.4 Å². The van der Waals surface area contributed by atoms with E-state index in [1.165, 1.54) is 0 Å². The summed E-state index contributed by atoms with van der Waals surface area (Å²) in [6.07, 6.45) is 12.4. The molecular weight excluding hydrogens is 378 g/mol. The largest absolute Gasteiger partial charge is 0.490 e. The van der Waals surface area contributed by atoms with E-state index < -0.39 is 5.82 Å². The second-order valence-electron chi connectivity index (χ2n) is 8.66. The summed E-state index contributed by atoms with van der Waals surface area (Å²) in [6, 6.07) is 3.70. The third-order valence-electron chi connectivity index (χ3n) is 6.81. The molecule has 1 nitrogen and oxygen atoms in total. The zero-order valence-electron chi connectivity index (χ0n) is 16.8. The molecule has 0 saturated heterocycles. The number of allylic oxidation sites excluding steroid dienone is 1. The molecule has 0 aliphatic heterocycles. The van der Waals surface area contributed by atoms with Gasteiger partial charge in [-0.05, 0) is 86.7 Å². The maximum atomic E-state index is 14.8. The average molecular weight is 411 g/mol. The van der Waals surface area contributed by atoms with Gasteiger partial charge in [0.05, 0.1) is 18.3 Å². The highest BCUT2D eigenvalue weighted by atomic mass is 35.5. The van der Waals surface area contributed by atoms with Crippen molar-refractivity contribution in [3.05, 3.63) is 41.2 Å². The van der Waals surface area contributed by atoms with E-state index >= 15 is 0 Å². The van der Waals surface area contributed by atoms with Crippen LogP contribution in [0.25, 0.3) is 0 Å². The molecule has 0 aromatic heterocycles. The number of hydrogen-bond donors (Lipinski definition) is 0. The molecule has 0 bridgehead atoms. The predicted molar refractivity (Wildman–Crippen MR) is 112 cm³/mol. The summed E-state index contributed by atoms with van der Waals surface area (Å²) in [5.41, 5.74) is 0.919. The molecule has 0 spiro atoms. The Labute approximate surface area is 173 Å². The Morgan fingerprint density at radius 1 is 1.04 bits per heavy atom. The molecule has 0 radical (unpaired) electrons. The number of hydrogen-bond acceptors (Lipinski definition) is 1. The van der Waals surface area contributed by atoms with Crippen molar-refractivity contribution in [2.45, 2.75) is 70.1 Å². The molecule has 1 aromatic carbocycles. The van der Waals surface area contributed by atoms with Crippen LogP contribution >= 0.6 is 11.6 Å². The molecule has 2 aliphatic rings. The van der Waals surface area contributed by atoms with Crippen LogP contribution < -0.4 is 4.74 Å². The first kappa shape index (κ1) is 21.6. The Balaban J connectivity index is 1.52. The van der Waals surface area contributed by atoms with Crippen LogP contribution in [0.2, 0.25) is 5.02 Å². The molecule has 0 atom stereocenters. The lowest BCUT2D eigenvalue weighted by molar-refractivity contribution is 0.172. The quantitative estimate of drug-likeness (QED) is 0.396. The molecule has 0 heterocycles. The van der Waals surface area contributed by atoms with Crippen molar-refractivity contribution in [3.63, 3.8) is 0 Å². The highest BCUT2D eigenvalue weighted by molar-refractivity contribution is 6.31. The first-order chi connectivity index (χ1) is 13.6. The van der Waals surface area contributed by atoms with E-state index in [4.69, 9.17) is 16.3 Å². The highest BCUT2D eigenvalue weighted by Gasteiger charge is 2.26. The number of rotatable bonds is 8. The van der Waals surface area contributed by atoms with Crippen LogP contribution in [-0.2, 0) is 0 Å². The lowest BCUT2D eigenvalue weighted by Crippen LogP contribution is -2.20. The van der Waals surface area contributed by atoms with Gasteiger partial charge < -0.3 is 4.74 Å². The summed E-state index contributed by atoms with van der Waals surface area (Å²) in [5, 5.41) is 0.231. The zero-order valence-corrected chi connectivity index (χ0v) is 17.5. The summed E-state index contributed by atoms with van der Waals surface area (Å²) >= 11 is 6.39. The Morgan fingerprint density at radius 2 is 1.71 bits per heavy atom. The molecule has 0 N–H and O–H groups in total. The number of benzene rings is 1. The lowest BCUT2D eigenvalue weighted by Gasteiger charge is -2.29. The maximum absolute atomic E-state index is 14.8. The van der Waals surface area contributed by atoms with Gasteiger partial charge in [-0.25, -0.2) is 4.39 Å². The smallest absolute Gasteiger partial charge is 0.183 e. The Hall–Kier alpha value is -1.09. The first-order valence-electron chi connectivity index (χ1n) is 10.9. The molecule has 1 aromatic rings. The summed E-state index contributed by atoms with van der Waals surface area (Å²) in [7, 11) is 0. The molecule has 0 amide bonds. The Morgan fingerprint density at radius 3 is 2.36 bits per heavy atom. The van der Waals surface area contributed by atoms with Gasteiger partial charge in [0.25, 0.3) is 0 Å². The molecule has 2 saturated carbocycles. The van der Waals surface area contributed by atoms with Gasteiger partial charge in [0, 0.05) is 0 Å². The third kappa shape index (κ3) is 5.49. The fourth-order valence-electron chi connectivity index (χ4n) is 4.90. The SMILES string of the molecule is C=CC1CCC(c2ccc(OCC3CCC(CCCF)CC3)c(F)c2Cl)CC1. The van der Waals surface area contributed by atoms with Gasteiger partial charge >= 0.3 is 0 Å². The van der Waals surface area contributed by atoms with E-state index in [1.54, 1.807) is 6.07 Å². The van der Waals surface area contributed by atoms with E-state index in [9.17, 15) is 8.78 Å². The van der Waals surface area contributed by atoms with Gasteiger partial charge in [-0.2, -0.15) is 0 Å². The fraction of sp³-hybridized carbons (Fsp3) is 0.667. The second-order valence-corrected chi connectivity index (χ2v) is 9.04. The van der Waals surface area contributed by atoms with E-state index in [0.29, 0.717) is 36.7 Å². The minimum atomic E-state index is -0.415. The van der Waals surface area contributed by atoms with Gasteiger partial charge in [-0.3, -0.25) is 4.39 Å². The maximum Gasteiger partial charge on any atom is 0.183 e. The standard InChI is InChI=1S/C24H33ClF2O/c1-2-17-9-11-20(12-10-17)21-13-14-22(24(27)23(21)25)28-16-19-7-5-18(6-8-19)4-3-15-26/h2,13-14,17-20H,1,3-12,15-16H2. The monoisotopic (exact) mass is 410 g/mol. The van der Waals surface area contributed by atoms with Gasteiger partial charge in [0.1, 0.15) is 0 Å². The molecule has 2 fully saturated rings. The molecule has 2 aliphatic carbocycles. The summed E-state index contributed by atoms with van der Waals surface area (Å²) in [5.74, 6) is 1.86. The molecule has 4 heteroatoms. The van der Waals surface area contributed by atoms with E-state index in [2.05, 4.69) is 6.58 Å². The van der Waals surface area contributed by atoms with Crippen LogP contribution in [-0.4, -0.2) is 13.3 Å². The lowest BCUT2D eigenvalue weighted by atomic mass is 9.79. The summed E-state index contributed by atoms with van der Waals surface area (Å²) < 4.78 is 32.9. The summed E-state index contributed by atoms with van der Waals surface area (Å²) in [6.45, 7) is 4.20. The van der Waals surface area contributed by atoms with Gasteiger partial charge in [-0.15, -0.1) is 6.58 Å². The van der Waals surface area contributed by atoms with Crippen LogP contribution in [0.15, 0.2) is 24.8 Å². The van der Waals surface area contributed by atoms with Crippen LogP contribution in [0.1, 0.15) is 75.7 Å². The van der Waals surface area contributed by atoms with E-state index in [1.807, 2.05) is 12.1 Å². The number of ether oxygens (including phenoxy) is 1. The molecule has 156 valence electrons. The minimum Gasteiger partial charge on any atom is -0.490 e. The topological polar surface area (TPSA) is 9.23 Å². The second kappa shape index (κ2) is 10.6. The molecule has 3 rings (SSSR count). The van der Waals surface area contributed by atoms with Crippen molar-refractivity contribution in [2.24, 2.45) is 17.8 Å². The van der Waals surface area contributed by atoms with Crippen molar-refractivity contribution in [2.75, 3.05) is 13.3 Å². The number of halogens is 3. The van der Waals surface area contributed by atoms with E-state index in [0.717, 1.165) is 63.4 Å². The average Bonchev–Trinajstić information content (AvgIpc) is 2.74. The van der Waals surface area contributed by atoms with Crippen molar-refractivity contribution in [3.8, 4) is 5.75 Å². The van der Waals surface area contributed by atoms with Gasteiger partial charge in [-0.1, -0.05) is 36.6 Å². The highest BCUT2D eigenvalue weighted by Crippen LogP contribution is 2.41. The van der Waals surface area contributed by atoms with Gasteiger partial charge in [0.2, 0.25) is 0 Å². The Bertz CT molecular complexity index is 632. The van der Waals surface area contributed by atoms with Crippen LogP contribution in [0.5, 0.6) is 5.75 Å². The zero-order chi connectivity index (χ0) is 19.9. The Kier molecular flexibility index (Phi) is 8.20. The third-order valence-corrected chi connectivity index (χ3v) is 7.19. The normalized spacial score (nSPS) is 28.1. The van der Waals surface area contributed by atoms with Crippen molar-refractivity contribution in [1.29, 1.82) is 0 Å². The predicted octanol–water partition coefficient (Wildman–Crippen LogP) is 7.87. The molecule has 28 heavy (non-hydrogen) atoms. The number of alkyl halides is 1. The fourth-order valence-corrected chi connectivity index (χ4v) is 5.21.